The van der Waals surface area contributed by atoms with Crippen molar-refractivity contribution in [3.05, 3.63) is 23.4 Å². The van der Waals surface area contributed by atoms with Crippen LogP contribution in [0, 0.1) is 6.92 Å². The van der Waals surface area contributed by atoms with Gasteiger partial charge in [0.2, 0.25) is 0 Å². The van der Waals surface area contributed by atoms with Gasteiger partial charge in [0.25, 0.3) is 0 Å². The molecule has 1 aromatic heterocycles. The summed E-state index contributed by atoms with van der Waals surface area (Å²) >= 11 is 0. The van der Waals surface area contributed by atoms with E-state index in [9.17, 15) is 4.79 Å². The van der Waals surface area contributed by atoms with Crippen molar-refractivity contribution in [2.45, 2.75) is 19.8 Å². The fourth-order valence-corrected chi connectivity index (χ4v) is 2.28. The SMILES string of the molecule is COc1ccc(OC)c2c(C)c(CCC(=O)O)[nH]c12. The number of ether oxygens (including phenoxy) is 2. The van der Waals surface area contributed by atoms with Crippen LogP contribution in [-0.2, 0) is 11.2 Å². The zero-order chi connectivity index (χ0) is 14.0. The van der Waals surface area contributed by atoms with Crippen LogP contribution in [0.5, 0.6) is 11.5 Å². The third-order valence-corrected chi connectivity index (χ3v) is 3.26. The van der Waals surface area contributed by atoms with Gasteiger partial charge in [0.05, 0.1) is 26.2 Å². The predicted molar refractivity (Wildman–Crippen MR) is 72.1 cm³/mol. The van der Waals surface area contributed by atoms with E-state index >= 15 is 0 Å². The average molecular weight is 263 g/mol. The van der Waals surface area contributed by atoms with E-state index in [0.29, 0.717) is 6.42 Å². The number of methoxy groups -OCH3 is 2. The first-order valence-corrected chi connectivity index (χ1v) is 6.02. The van der Waals surface area contributed by atoms with E-state index in [1.54, 1.807) is 14.2 Å². The molecule has 0 aliphatic rings. The standard InChI is InChI=1S/C14H17NO4/c1-8-9(4-7-12(16)17)15-14-11(19-3)6-5-10(18-2)13(8)14/h5-6,15H,4,7H2,1-3H3,(H,16,17). The zero-order valence-corrected chi connectivity index (χ0v) is 11.2. The van der Waals surface area contributed by atoms with Crippen LogP contribution in [0.25, 0.3) is 10.9 Å². The van der Waals surface area contributed by atoms with E-state index in [0.717, 1.165) is 33.7 Å². The number of H-pyrrole nitrogens is 1. The Morgan fingerprint density at radius 3 is 2.47 bits per heavy atom. The minimum Gasteiger partial charge on any atom is -0.496 e. The van der Waals surface area contributed by atoms with Gasteiger partial charge in [-0.25, -0.2) is 0 Å². The number of carboxylic acids is 1. The quantitative estimate of drug-likeness (QED) is 0.869. The Kier molecular flexibility index (Phi) is 3.64. The molecule has 19 heavy (non-hydrogen) atoms. The molecule has 2 N–H and O–H groups in total. The van der Waals surface area contributed by atoms with Crippen molar-refractivity contribution in [1.82, 2.24) is 4.98 Å². The number of carboxylic acid groups (broad SMARTS) is 1. The molecule has 0 saturated heterocycles. The lowest BCUT2D eigenvalue weighted by Gasteiger charge is -2.06. The number of hydrogen-bond acceptors (Lipinski definition) is 3. The molecule has 0 bridgehead atoms. The molecule has 0 amide bonds. The Bertz CT molecular complexity index is 615. The maximum atomic E-state index is 10.7. The van der Waals surface area contributed by atoms with Gasteiger partial charge in [0.15, 0.2) is 0 Å². The topological polar surface area (TPSA) is 71.6 Å². The van der Waals surface area contributed by atoms with E-state index < -0.39 is 5.97 Å². The van der Waals surface area contributed by atoms with Crippen LogP contribution in [-0.4, -0.2) is 30.3 Å². The van der Waals surface area contributed by atoms with Crippen LogP contribution in [0.2, 0.25) is 0 Å². The van der Waals surface area contributed by atoms with E-state index in [4.69, 9.17) is 14.6 Å². The van der Waals surface area contributed by atoms with Gasteiger partial charge in [-0.2, -0.15) is 0 Å². The summed E-state index contributed by atoms with van der Waals surface area (Å²) in [5.41, 5.74) is 2.76. The van der Waals surface area contributed by atoms with E-state index in [1.807, 2.05) is 19.1 Å². The minimum absolute atomic E-state index is 0.0955. The molecule has 0 saturated carbocycles. The molecule has 0 spiro atoms. The molecule has 1 heterocycles. The smallest absolute Gasteiger partial charge is 0.303 e. The van der Waals surface area contributed by atoms with Crippen LogP contribution in [0.1, 0.15) is 17.7 Å². The van der Waals surface area contributed by atoms with E-state index in [1.165, 1.54) is 0 Å². The molecule has 0 aliphatic heterocycles. The first-order valence-electron chi connectivity index (χ1n) is 6.02. The fraction of sp³-hybridized carbons (Fsp3) is 0.357. The normalized spacial score (nSPS) is 10.7. The second-order valence-corrected chi connectivity index (χ2v) is 4.34. The fourth-order valence-electron chi connectivity index (χ4n) is 2.28. The van der Waals surface area contributed by atoms with Crippen molar-refractivity contribution >= 4 is 16.9 Å². The summed E-state index contributed by atoms with van der Waals surface area (Å²) in [6, 6.07) is 3.68. The van der Waals surface area contributed by atoms with Gasteiger partial charge in [-0.3, -0.25) is 4.79 Å². The number of nitrogens with one attached hydrogen (secondary N) is 1. The highest BCUT2D eigenvalue weighted by Gasteiger charge is 2.16. The second kappa shape index (κ2) is 5.22. The van der Waals surface area contributed by atoms with Gasteiger partial charge in [0, 0.05) is 11.1 Å². The number of rotatable bonds is 5. The molecule has 5 nitrogen and oxygen atoms in total. The molecule has 0 radical (unpaired) electrons. The summed E-state index contributed by atoms with van der Waals surface area (Å²) < 4.78 is 10.7. The number of aliphatic carboxylic acids is 1. The van der Waals surface area contributed by atoms with Crippen molar-refractivity contribution in [1.29, 1.82) is 0 Å². The molecule has 5 heteroatoms. The van der Waals surface area contributed by atoms with Crippen LogP contribution in [0.4, 0.5) is 0 Å². The number of fused-ring (bicyclic) bond motifs is 1. The molecular weight excluding hydrogens is 246 g/mol. The predicted octanol–water partition coefficient (Wildman–Crippen LogP) is 2.51. The molecular formula is C14H17NO4. The highest BCUT2D eigenvalue weighted by molar-refractivity contribution is 5.94. The van der Waals surface area contributed by atoms with Gasteiger partial charge in [-0.1, -0.05) is 0 Å². The molecule has 0 unspecified atom stereocenters. The van der Waals surface area contributed by atoms with Crippen molar-refractivity contribution in [3.8, 4) is 11.5 Å². The summed E-state index contributed by atoms with van der Waals surface area (Å²) in [4.78, 5) is 13.9. The molecule has 1 aromatic carbocycles. The number of aryl methyl sites for hydroxylation is 2. The molecule has 0 atom stereocenters. The number of aromatic nitrogens is 1. The lowest BCUT2D eigenvalue weighted by Crippen LogP contribution is -1.98. The molecule has 0 aliphatic carbocycles. The van der Waals surface area contributed by atoms with Gasteiger partial charge in [-0.05, 0) is 31.0 Å². The highest BCUT2D eigenvalue weighted by atomic mass is 16.5. The lowest BCUT2D eigenvalue weighted by atomic mass is 10.1. The van der Waals surface area contributed by atoms with Crippen LogP contribution < -0.4 is 9.47 Å². The summed E-state index contributed by atoms with van der Waals surface area (Å²) in [6.07, 6.45) is 0.556. The Hall–Kier alpha value is -2.17. The first-order chi connectivity index (χ1) is 9.08. The summed E-state index contributed by atoms with van der Waals surface area (Å²) in [5.74, 6) is 0.670. The maximum Gasteiger partial charge on any atom is 0.303 e. The van der Waals surface area contributed by atoms with Crippen molar-refractivity contribution < 1.29 is 19.4 Å². The summed E-state index contributed by atoms with van der Waals surface area (Å²) in [6.45, 7) is 1.96. The van der Waals surface area contributed by atoms with E-state index in [2.05, 4.69) is 4.98 Å². The van der Waals surface area contributed by atoms with Crippen molar-refractivity contribution in [3.63, 3.8) is 0 Å². The third kappa shape index (κ3) is 2.36. The Morgan fingerprint density at radius 2 is 1.89 bits per heavy atom. The number of aromatic amines is 1. The van der Waals surface area contributed by atoms with Gasteiger partial charge in [-0.15, -0.1) is 0 Å². The highest BCUT2D eigenvalue weighted by Crippen LogP contribution is 2.36. The number of benzene rings is 1. The Morgan fingerprint density at radius 1 is 1.26 bits per heavy atom. The first kappa shape index (κ1) is 13.3. The van der Waals surface area contributed by atoms with Crippen LogP contribution >= 0.6 is 0 Å². The third-order valence-electron chi connectivity index (χ3n) is 3.26. The Balaban J connectivity index is 2.56. The van der Waals surface area contributed by atoms with Crippen LogP contribution in [0.15, 0.2) is 12.1 Å². The van der Waals surface area contributed by atoms with Gasteiger partial charge in [0.1, 0.15) is 11.5 Å². The van der Waals surface area contributed by atoms with Crippen molar-refractivity contribution in [2.24, 2.45) is 0 Å². The van der Waals surface area contributed by atoms with Crippen molar-refractivity contribution in [2.75, 3.05) is 14.2 Å². The number of carbonyl (C=O) groups is 1. The molecule has 2 aromatic rings. The van der Waals surface area contributed by atoms with E-state index in [-0.39, 0.29) is 6.42 Å². The zero-order valence-electron chi connectivity index (χ0n) is 11.2. The summed E-state index contributed by atoms with van der Waals surface area (Å²) in [7, 11) is 3.22. The Labute approximate surface area is 111 Å². The summed E-state index contributed by atoms with van der Waals surface area (Å²) in [5, 5.41) is 9.73. The second-order valence-electron chi connectivity index (χ2n) is 4.34. The van der Waals surface area contributed by atoms with Gasteiger partial charge >= 0.3 is 5.97 Å². The molecule has 2 rings (SSSR count). The maximum absolute atomic E-state index is 10.7. The lowest BCUT2D eigenvalue weighted by molar-refractivity contribution is -0.136. The molecule has 102 valence electrons. The largest absolute Gasteiger partial charge is 0.496 e. The number of hydrogen-bond donors (Lipinski definition) is 2. The minimum atomic E-state index is -0.808. The average Bonchev–Trinajstić information content (AvgIpc) is 2.73. The molecule has 0 fully saturated rings. The monoisotopic (exact) mass is 263 g/mol. The van der Waals surface area contributed by atoms with Crippen LogP contribution in [0.3, 0.4) is 0 Å². The van der Waals surface area contributed by atoms with Gasteiger partial charge < -0.3 is 19.6 Å².